The van der Waals surface area contributed by atoms with Crippen molar-refractivity contribution in [3.05, 3.63) is 83.9 Å². The first-order chi connectivity index (χ1) is 14.4. The Bertz CT molecular complexity index is 1030. The topological polar surface area (TPSA) is 64.6 Å². The number of carbonyl (C=O) groups excluding carboxylic acids is 2. The lowest BCUT2D eigenvalue weighted by atomic mass is 10.0. The number of hydrogen-bond donors (Lipinski definition) is 1. The highest BCUT2D eigenvalue weighted by Gasteiger charge is 2.19. The van der Waals surface area contributed by atoms with Gasteiger partial charge in [0.25, 0.3) is 5.91 Å². The lowest BCUT2D eigenvalue weighted by molar-refractivity contribution is -0.155. The van der Waals surface area contributed by atoms with E-state index < -0.39 is 18.0 Å². The van der Waals surface area contributed by atoms with Crippen molar-refractivity contribution in [3.8, 4) is 16.9 Å². The molecule has 3 aromatic carbocycles. The summed E-state index contributed by atoms with van der Waals surface area (Å²) in [5.74, 6) is -0.380. The Morgan fingerprint density at radius 1 is 0.933 bits per heavy atom. The van der Waals surface area contributed by atoms with Gasteiger partial charge in [-0.15, -0.1) is 0 Å². The fourth-order valence-electron chi connectivity index (χ4n) is 2.98. The van der Waals surface area contributed by atoms with Gasteiger partial charge in [-0.2, -0.15) is 0 Å². The van der Waals surface area contributed by atoms with Crippen LogP contribution in [0.4, 0.5) is 5.69 Å². The van der Waals surface area contributed by atoms with Gasteiger partial charge in [0.1, 0.15) is 5.75 Å². The number of nitrogens with one attached hydrogen (secondary N) is 1. The van der Waals surface area contributed by atoms with Crippen LogP contribution >= 0.6 is 0 Å². The molecule has 3 aromatic rings. The third-order valence-corrected chi connectivity index (χ3v) is 4.64. The van der Waals surface area contributed by atoms with Crippen LogP contribution in [0.1, 0.15) is 18.1 Å². The smallest absolute Gasteiger partial charge is 0.344 e. The third kappa shape index (κ3) is 5.47. The predicted octanol–water partition coefficient (Wildman–Crippen LogP) is 4.92. The highest BCUT2D eigenvalue weighted by Crippen LogP contribution is 2.27. The SMILES string of the molecule is Cc1ccc(C)c(OCC(=O)O[C@H](C)C(=O)Nc2ccccc2-c2ccccc2)c1. The Balaban J connectivity index is 1.59. The molecule has 1 amide bonds. The van der Waals surface area contributed by atoms with Crippen molar-refractivity contribution >= 4 is 17.6 Å². The number of hydrogen-bond acceptors (Lipinski definition) is 4. The minimum atomic E-state index is -0.955. The summed E-state index contributed by atoms with van der Waals surface area (Å²) in [5, 5.41) is 2.85. The van der Waals surface area contributed by atoms with Gasteiger partial charge in [-0.05, 0) is 49.6 Å². The van der Waals surface area contributed by atoms with E-state index in [1.807, 2.05) is 86.6 Å². The highest BCUT2D eigenvalue weighted by molar-refractivity contribution is 5.98. The molecule has 0 saturated carbocycles. The molecule has 0 aliphatic heterocycles. The molecule has 0 spiro atoms. The highest BCUT2D eigenvalue weighted by atomic mass is 16.6. The summed E-state index contributed by atoms with van der Waals surface area (Å²) in [6, 6.07) is 23.0. The zero-order valence-electron chi connectivity index (χ0n) is 17.3. The van der Waals surface area contributed by atoms with Gasteiger partial charge in [-0.3, -0.25) is 4.79 Å². The van der Waals surface area contributed by atoms with E-state index >= 15 is 0 Å². The molecule has 0 fully saturated rings. The fourth-order valence-corrected chi connectivity index (χ4v) is 2.98. The molecular weight excluding hydrogens is 378 g/mol. The summed E-state index contributed by atoms with van der Waals surface area (Å²) < 4.78 is 10.8. The Labute approximate surface area is 176 Å². The van der Waals surface area contributed by atoms with Crippen LogP contribution in [0.25, 0.3) is 11.1 Å². The average Bonchev–Trinajstić information content (AvgIpc) is 2.75. The number of anilines is 1. The first-order valence-corrected chi connectivity index (χ1v) is 9.79. The Hall–Kier alpha value is -3.60. The van der Waals surface area contributed by atoms with Crippen molar-refractivity contribution < 1.29 is 19.1 Å². The lowest BCUT2D eigenvalue weighted by Gasteiger charge is -2.16. The van der Waals surface area contributed by atoms with Gasteiger partial charge in [-0.25, -0.2) is 4.79 Å². The molecule has 5 heteroatoms. The van der Waals surface area contributed by atoms with Gasteiger partial charge in [0.15, 0.2) is 12.7 Å². The molecular formula is C25H25NO4. The monoisotopic (exact) mass is 403 g/mol. The van der Waals surface area contributed by atoms with Crippen LogP contribution in [0, 0.1) is 13.8 Å². The van der Waals surface area contributed by atoms with E-state index in [0.717, 1.165) is 22.3 Å². The molecule has 0 aliphatic carbocycles. The third-order valence-electron chi connectivity index (χ3n) is 4.64. The first kappa shape index (κ1) is 21.1. The molecule has 0 bridgehead atoms. The minimum Gasteiger partial charge on any atom is -0.482 e. The standard InChI is InChI=1S/C25H25NO4/c1-17-13-14-18(2)23(15-17)29-16-24(27)30-19(3)25(28)26-22-12-8-7-11-21(22)20-9-5-4-6-10-20/h4-15,19H,16H2,1-3H3,(H,26,28)/t19-/m1/s1. The van der Waals surface area contributed by atoms with Crippen molar-refractivity contribution in [2.75, 3.05) is 11.9 Å². The summed E-state index contributed by atoms with van der Waals surface area (Å²) in [4.78, 5) is 24.7. The van der Waals surface area contributed by atoms with Crippen LogP contribution in [0.5, 0.6) is 5.75 Å². The van der Waals surface area contributed by atoms with E-state index in [4.69, 9.17) is 9.47 Å². The minimum absolute atomic E-state index is 0.261. The van der Waals surface area contributed by atoms with Crippen LogP contribution in [0.2, 0.25) is 0 Å². The molecule has 0 saturated heterocycles. The summed E-state index contributed by atoms with van der Waals surface area (Å²) in [5.41, 5.74) is 4.50. The van der Waals surface area contributed by atoms with E-state index in [1.165, 1.54) is 6.92 Å². The van der Waals surface area contributed by atoms with Crippen LogP contribution < -0.4 is 10.1 Å². The van der Waals surface area contributed by atoms with E-state index in [-0.39, 0.29) is 6.61 Å². The van der Waals surface area contributed by atoms with Crippen LogP contribution in [-0.4, -0.2) is 24.6 Å². The number of esters is 1. The Kier molecular flexibility index (Phi) is 6.86. The zero-order chi connectivity index (χ0) is 21.5. The summed E-state index contributed by atoms with van der Waals surface area (Å²) >= 11 is 0. The van der Waals surface area contributed by atoms with Gasteiger partial charge in [0, 0.05) is 11.3 Å². The van der Waals surface area contributed by atoms with E-state index in [1.54, 1.807) is 0 Å². The second-order valence-electron chi connectivity index (χ2n) is 7.09. The fraction of sp³-hybridized carbons (Fsp3) is 0.200. The van der Waals surface area contributed by atoms with E-state index in [9.17, 15) is 9.59 Å². The van der Waals surface area contributed by atoms with Gasteiger partial charge in [0.05, 0.1) is 0 Å². The van der Waals surface area contributed by atoms with Gasteiger partial charge < -0.3 is 14.8 Å². The number of ether oxygens (including phenoxy) is 2. The first-order valence-electron chi connectivity index (χ1n) is 9.79. The molecule has 1 atom stereocenters. The molecule has 30 heavy (non-hydrogen) atoms. The van der Waals surface area contributed by atoms with E-state index in [0.29, 0.717) is 11.4 Å². The molecule has 0 aromatic heterocycles. The van der Waals surface area contributed by atoms with Crippen molar-refractivity contribution in [1.82, 2.24) is 0 Å². The molecule has 154 valence electrons. The maximum atomic E-state index is 12.6. The van der Waals surface area contributed by atoms with Crippen molar-refractivity contribution in [3.63, 3.8) is 0 Å². The summed E-state index contributed by atoms with van der Waals surface area (Å²) in [6.07, 6.45) is -0.955. The molecule has 3 rings (SSSR count). The van der Waals surface area contributed by atoms with Crippen molar-refractivity contribution in [2.24, 2.45) is 0 Å². The number of para-hydroxylation sites is 1. The average molecular weight is 403 g/mol. The molecule has 5 nitrogen and oxygen atoms in total. The maximum Gasteiger partial charge on any atom is 0.344 e. The number of benzene rings is 3. The number of amides is 1. The quantitative estimate of drug-likeness (QED) is 0.569. The normalized spacial score (nSPS) is 11.4. The summed E-state index contributed by atoms with van der Waals surface area (Å²) in [6.45, 7) is 5.13. The molecule has 0 aliphatic rings. The van der Waals surface area contributed by atoms with Crippen molar-refractivity contribution in [2.45, 2.75) is 26.9 Å². The molecule has 1 N–H and O–H groups in total. The van der Waals surface area contributed by atoms with Crippen molar-refractivity contribution in [1.29, 1.82) is 0 Å². The maximum absolute atomic E-state index is 12.6. The molecule has 0 radical (unpaired) electrons. The number of aryl methyl sites for hydroxylation is 2. The summed E-state index contributed by atoms with van der Waals surface area (Å²) in [7, 11) is 0. The zero-order valence-corrected chi connectivity index (χ0v) is 17.3. The van der Waals surface area contributed by atoms with Crippen LogP contribution in [0.3, 0.4) is 0 Å². The van der Waals surface area contributed by atoms with Crippen LogP contribution in [-0.2, 0) is 14.3 Å². The van der Waals surface area contributed by atoms with Crippen LogP contribution in [0.15, 0.2) is 72.8 Å². The van der Waals surface area contributed by atoms with Gasteiger partial charge >= 0.3 is 5.97 Å². The largest absolute Gasteiger partial charge is 0.482 e. The number of rotatable bonds is 7. The number of carbonyl (C=O) groups is 2. The lowest BCUT2D eigenvalue weighted by Crippen LogP contribution is -2.31. The second-order valence-corrected chi connectivity index (χ2v) is 7.09. The van der Waals surface area contributed by atoms with Gasteiger partial charge in [-0.1, -0.05) is 60.7 Å². The van der Waals surface area contributed by atoms with Gasteiger partial charge in [0.2, 0.25) is 0 Å². The Morgan fingerprint density at radius 3 is 2.40 bits per heavy atom. The predicted molar refractivity (Wildman–Crippen MR) is 117 cm³/mol. The Morgan fingerprint density at radius 2 is 1.63 bits per heavy atom. The molecule has 0 unspecified atom stereocenters. The second kappa shape index (κ2) is 9.74. The van der Waals surface area contributed by atoms with E-state index in [2.05, 4.69) is 5.32 Å². The molecule has 0 heterocycles.